The van der Waals surface area contributed by atoms with Gasteiger partial charge in [0.2, 0.25) is 0 Å². The van der Waals surface area contributed by atoms with Crippen molar-refractivity contribution in [1.82, 2.24) is 15.1 Å². The molecule has 0 aliphatic carbocycles. The lowest BCUT2D eigenvalue weighted by molar-refractivity contribution is 0.0789. The number of piperazine rings is 1. The molecule has 2 atom stereocenters. The molecule has 0 aromatic carbocycles. The Morgan fingerprint density at radius 2 is 1.63 bits per heavy atom. The zero-order valence-electron chi connectivity index (χ0n) is 13.8. The van der Waals surface area contributed by atoms with Crippen molar-refractivity contribution in [2.45, 2.75) is 59.5 Å². The number of hydrogen-bond donors (Lipinski definition) is 1. The minimum absolute atomic E-state index is 0.650. The summed E-state index contributed by atoms with van der Waals surface area (Å²) in [7, 11) is 0. The summed E-state index contributed by atoms with van der Waals surface area (Å²) in [6.07, 6.45) is 2.46. The Hall–Kier alpha value is -0.120. The van der Waals surface area contributed by atoms with Gasteiger partial charge in [-0.3, -0.25) is 4.90 Å². The zero-order valence-corrected chi connectivity index (χ0v) is 13.8. The molecule has 1 aliphatic heterocycles. The fourth-order valence-electron chi connectivity index (χ4n) is 3.11. The van der Waals surface area contributed by atoms with Crippen LogP contribution < -0.4 is 5.32 Å². The molecule has 0 saturated carbocycles. The van der Waals surface area contributed by atoms with Gasteiger partial charge in [-0.15, -0.1) is 0 Å². The Balaban J connectivity index is 2.36. The normalized spacial score (nSPS) is 21.8. The second-order valence-corrected chi connectivity index (χ2v) is 6.44. The van der Waals surface area contributed by atoms with Gasteiger partial charge in [-0.2, -0.15) is 0 Å². The van der Waals surface area contributed by atoms with Crippen molar-refractivity contribution < 1.29 is 0 Å². The molecule has 0 amide bonds. The molecule has 0 radical (unpaired) electrons. The largest absolute Gasteiger partial charge is 0.312 e. The highest BCUT2D eigenvalue weighted by Crippen LogP contribution is 2.12. The summed E-state index contributed by atoms with van der Waals surface area (Å²) < 4.78 is 0. The molecule has 1 rings (SSSR count). The molecule has 1 N–H and O–H groups in total. The molecule has 0 aromatic heterocycles. The van der Waals surface area contributed by atoms with Crippen LogP contribution >= 0.6 is 0 Å². The number of nitrogens with one attached hydrogen (secondary N) is 1. The summed E-state index contributed by atoms with van der Waals surface area (Å²) in [5.74, 6) is 0.790. The molecule has 19 heavy (non-hydrogen) atoms. The summed E-state index contributed by atoms with van der Waals surface area (Å²) in [6.45, 7) is 18.9. The molecule has 0 aromatic rings. The third-order valence-corrected chi connectivity index (χ3v) is 4.28. The van der Waals surface area contributed by atoms with Crippen molar-refractivity contribution in [3.63, 3.8) is 0 Å². The molecule has 1 fully saturated rings. The third-order valence-electron chi connectivity index (χ3n) is 4.28. The first-order chi connectivity index (χ1) is 9.08. The molecular formula is C16H35N3. The third kappa shape index (κ3) is 5.80. The van der Waals surface area contributed by atoms with E-state index in [-0.39, 0.29) is 0 Å². The molecule has 1 saturated heterocycles. The maximum Gasteiger partial charge on any atom is 0.0222 e. The predicted octanol–water partition coefficient (Wildman–Crippen LogP) is 2.43. The maximum atomic E-state index is 3.70. The van der Waals surface area contributed by atoms with Gasteiger partial charge < -0.3 is 10.2 Å². The first-order valence-corrected chi connectivity index (χ1v) is 8.28. The monoisotopic (exact) mass is 269 g/mol. The molecule has 114 valence electrons. The van der Waals surface area contributed by atoms with Crippen LogP contribution in [0.25, 0.3) is 0 Å². The second-order valence-electron chi connectivity index (χ2n) is 6.44. The van der Waals surface area contributed by atoms with Crippen LogP contribution in [-0.4, -0.2) is 61.2 Å². The Morgan fingerprint density at radius 1 is 1.00 bits per heavy atom. The molecule has 0 bridgehead atoms. The summed E-state index contributed by atoms with van der Waals surface area (Å²) in [5, 5.41) is 3.70. The number of nitrogens with zero attached hydrogens (tertiary/aromatic N) is 2. The van der Waals surface area contributed by atoms with Gasteiger partial charge >= 0.3 is 0 Å². The van der Waals surface area contributed by atoms with Crippen LogP contribution in [0.4, 0.5) is 0 Å². The van der Waals surface area contributed by atoms with Gasteiger partial charge in [0.05, 0.1) is 0 Å². The number of hydrogen-bond acceptors (Lipinski definition) is 3. The van der Waals surface area contributed by atoms with Gasteiger partial charge in [-0.1, -0.05) is 27.7 Å². The van der Waals surface area contributed by atoms with Crippen LogP contribution in [0, 0.1) is 5.92 Å². The quantitative estimate of drug-likeness (QED) is 0.730. The zero-order chi connectivity index (χ0) is 14.3. The average Bonchev–Trinajstić information content (AvgIpc) is 2.39. The minimum Gasteiger partial charge on any atom is -0.312 e. The van der Waals surface area contributed by atoms with E-state index in [0.717, 1.165) is 12.5 Å². The topological polar surface area (TPSA) is 18.5 Å². The fraction of sp³-hybridized carbons (Fsp3) is 1.00. The lowest BCUT2D eigenvalue weighted by Crippen LogP contribution is -2.55. The number of rotatable bonds is 8. The van der Waals surface area contributed by atoms with Gasteiger partial charge in [-0.25, -0.2) is 0 Å². The maximum absolute atomic E-state index is 3.70. The molecule has 1 aliphatic rings. The standard InChI is InChI=1S/C16H35N3/c1-6-8-17-16(7-2)15(5)19-11-9-18(10-12-19)13-14(3)4/h14-17H,6-13H2,1-5H3. The van der Waals surface area contributed by atoms with Gasteiger partial charge in [-0.05, 0) is 32.2 Å². The fourth-order valence-corrected chi connectivity index (χ4v) is 3.11. The van der Waals surface area contributed by atoms with E-state index in [1.54, 1.807) is 0 Å². The van der Waals surface area contributed by atoms with Crippen molar-refractivity contribution in [3.8, 4) is 0 Å². The van der Waals surface area contributed by atoms with Crippen LogP contribution in [0.1, 0.15) is 47.5 Å². The van der Waals surface area contributed by atoms with E-state index in [9.17, 15) is 0 Å². The molecule has 3 heteroatoms. The Morgan fingerprint density at radius 3 is 2.11 bits per heavy atom. The first kappa shape index (κ1) is 16.9. The summed E-state index contributed by atoms with van der Waals surface area (Å²) in [5.41, 5.74) is 0. The molecule has 2 unspecified atom stereocenters. The van der Waals surface area contributed by atoms with Crippen LogP contribution in [-0.2, 0) is 0 Å². The Labute approximate surface area is 120 Å². The van der Waals surface area contributed by atoms with Crippen LogP contribution in [0.2, 0.25) is 0 Å². The molecule has 1 heterocycles. The van der Waals surface area contributed by atoms with E-state index in [2.05, 4.69) is 49.7 Å². The van der Waals surface area contributed by atoms with E-state index in [1.165, 1.54) is 45.6 Å². The van der Waals surface area contributed by atoms with Gasteiger partial charge in [0.15, 0.2) is 0 Å². The second kappa shape index (κ2) is 8.93. The highest BCUT2D eigenvalue weighted by atomic mass is 15.3. The van der Waals surface area contributed by atoms with E-state index >= 15 is 0 Å². The van der Waals surface area contributed by atoms with E-state index < -0.39 is 0 Å². The molecule has 0 spiro atoms. The lowest BCUT2D eigenvalue weighted by Gasteiger charge is -2.41. The van der Waals surface area contributed by atoms with Crippen molar-refractivity contribution >= 4 is 0 Å². The highest BCUT2D eigenvalue weighted by molar-refractivity contribution is 4.84. The van der Waals surface area contributed by atoms with Crippen molar-refractivity contribution in [2.24, 2.45) is 5.92 Å². The van der Waals surface area contributed by atoms with Crippen LogP contribution in [0.5, 0.6) is 0 Å². The Bertz CT molecular complexity index is 222. The smallest absolute Gasteiger partial charge is 0.0222 e. The first-order valence-electron chi connectivity index (χ1n) is 8.28. The van der Waals surface area contributed by atoms with Crippen molar-refractivity contribution in [1.29, 1.82) is 0 Å². The van der Waals surface area contributed by atoms with Gasteiger partial charge in [0.1, 0.15) is 0 Å². The van der Waals surface area contributed by atoms with E-state index in [1.807, 2.05) is 0 Å². The molecule has 3 nitrogen and oxygen atoms in total. The van der Waals surface area contributed by atoms with Gasteiger partial charge in [0.25, 0.3) is 0 Å². The van der Waals surface area contributed by atoms with Crippen molar-refractivity contribution in [2.75, 3.05) is 39.3 Å². The van der Waals surface area contributed by atoms with Crippen molar-refractivity contribution in [3.05, 3.63) is 0 Å². The minimum atomic E-state index is 0.650. The predicted molar refractivity (Wildman–Crippen MR) is 84.7 cm³/mol. The van der Waals surface area contributed by atoms with Gasteiger partial charge in [0, 0.05) is 44.8 Å². The highest BCUT2D eigenvalue weighted by Gasteiger charge is 2.25. The van der Waals surface area contributed by atoms with Crippen LogP contribution in [0.15, 0.2) is 0 Å². The average molecular weight is 269 g/mol. The van der Waals surface area contributed by atoms with Crippen LogP contribution in [0.3, 0.4) is 0 Å². The summed E-state index contributed by atoms with van der Waals surface area (Å²) >= 11 is 0. The SMILES string of the molecule is CCCNC(CC)C(C)N1CCN(CC(C)C)CC1. The summed E-state index contributed by atoms with van der Waals surface area (Å²) in [6, 6.07) is 1.31. The Kier molecular flexibility index (Phi) is 7.96. The van der Waals surface area contributed by atoms with E-state index in [4.69, 9.17) is 0 Å². The summed E-state index contributed by atoms with van der Waals surface area (Å²) in [4.78, 5) is 5.29. The lowest BCUT2D eigenvalue weighted by atomic mass is 10.0. The molecular weight excluding hydrogens is 234 g/mol. The van der Waals surface area contributed by atoms with E-state index in [0.29, 0.717) is 12.1 Å².